The maximum atomic E-state index is 12.4. The van der Waals surface area contributed by atoms with E-state index in [0.29, 0.717) is 31.3 Å². The lowest BCUT2D eigenvalue weighted by molar-refractivity contribution is 0.171. The first-order chi connectivity index (χ1) is 11.7. The quantitative estimate of drug-likeness (QED) is 0.667. The van der Waals surface area contributed by atoms with Crippen molar-refractivity contribution in [3.8, 4) is 11.5 Å². The number of hydrogen-bond acceptors (Lipinski definition) is 6. The van der Waals surface area contributed by atoms with Gasteiger partial charge < -0.3 is 9.47 Å². The summed E-state index contributed by atoms with van der Waals surface area (Å²) in [6.45, 7) is 3.21. The third-order valence-electron chi connectivity index (χ3n) is 3.71. The van der Waals surface area contributed by atoms with E-state index in [1.165, 1.54) is 16.4 Å². The zero-order chi connectivity index (χ0) is 18.5. The van der Waals surface area contributed by atoms with Gasteiger partial charge in [-0.25, -0.2) is 25.9 Å². The molecule has 0 atom stereocenters. The van der Waals surface area contributed by atoms with Crippen LogP contribution in [0.3, 0.4) is 0 Å². The molecule has 0 aliphatic carbocycles. The van der Waals surface area contributed by atoms with Gasteiger partial charge in [-0.2, -0.15) is 0 Å². The van der Waals surface area contributed by atoms with E-state index in [0.717, 1.165) is 19.1 Å². The highest BCUT2D eigenvalue weighted by Gasteiger charge is 2.21. The summed E-state index contributed by atoms with van der Waals surface area (Å²) in [7, 11) is -7.13. The van der Waals surface area contributed by atoms with E-state index >= 15 is 0 Å². The standard InChI is InChI=1S/C15H24N2O6S2/c1-3-4-8-17(24(2,18)19)9-7-16-25(20,21)13-5-6-14-15(12-13)23-11-10-22-14/h5-6,12,16H,3-4,7-11H2,1-2H3. The molecule has 1 aromatic carbocycles. The van der Waals surface area contributed by atoms with Crippen molar-refractivity contribution in [2.75, 3.05) is 39.1 Å². The second kappa shape index (κ2) is 8.35. The summed E-state index contributed by atoms with van der Waals surface area (Å²) in [4.78, 5) is 0.0520. The van der Waals surface area contributed by atoms with Crippen LogP contribution in [0.2, 0.25) is 0 Å². The van der Waals surface area contributed by atoms with Gasteiger partial charge in [-0.1, -0.05) is 13.3 Å². The summed E-state index contributed by atoms with van der Waals surface area (Å²) >= 11 is 0. The molecule has 0 spiro atoms. The van der Waals surface area contributed by atoms with E-state index in [9.17, 15) is 16.8 Å². The van der Waals surface area contributed by atoms with Crippen LogP contribution in [0.1, 0.15) is 19.8 Å². The molecule has 1 aliphatic rings. The van der Waals surface area contributed by atoms with Crippen LogP contribution < -0.4 is 14.2 Å². The zero-order valence-corrected chi connectivity index (χ0v) is 16.0. The minimum atomic E-state index is -3.76. The smallest absolute Gasteiger partial charge is 0.240 e. The molecule has 25 heavy (non-hydrogen) atoms. The Balaban J connectivity index is 2.01. The molecule has 10 heteroatoms. The number of rotatable bonds is 9. The summed E-state index contributed by atoms with van der Waals surface area (Å²) in [6, 6.07) is 4.39. The van der Waals surface area contributed by atoms with Crippen LogP contribution in [0, 0.1) is 0 Å². The fourth-order valence-corrected chi connectivity index (χ4v) is 4.28. The van der Waals surface area contributed by atoms with Crippen molar-refractivity contribution in [3.05, 3.63) is 18.2 Å². The van der Waals surface area contributed by atoms with E-state index in [4.69, 9.17) is 9.47 Å². The fourth-order valence-electron chi connectivity index (χ4n) is 2.36. The summed E-state index contributed by atoms with van der Waals surface area (Å²) in [5.41, 5.74) is 0. The predicted octanol–water partition coefficient (Wildman–Crippen LogP) is 0.798. The first-order valence-corrected chi connectivity index (χ1v) is 11.4. The van der Waals surface area contributed by atoms with Crippen molar-refractivity contribution in [2.24, 2.45) is 0 Å². The van der Waals surface area contributed by atoms with Crippen LogP contribution in [0.5, 0.6) is 11.5 Å². The monoisotopic (exact) mass is 392 g/mol. The normalized spacial score (nSPS) is 14.7. The van der Waals surface area contributed by atoms with Gasteiger partial charge in [0.25, 0.3) is 0 Å². The fraction of sp³-hybridized carbons (Fsp3) is 0.600. The topological polar surface area (TPSA) is 102 Å². The average Bonchev–Trinajstić information content (AvgIpc) is 2.56. The Morgan fingerprint density at radius 2 is 1.76 bits per heavy atom. The summed E-state index contributed by atoms with van der Waals surface area (Å²) in [6.07, 6.45) is 2.70. The number of ether oxygens (including phenoxy) is 2. The maximum absolute atomic E-state index is 12.4. The second-order valence-corrected chi connectivity index (χ2v) is 9.47. The van der Waals surface area contributed by atoms with Gasteiger partial charge in [0.2, 0.25) is 20.0 Å². The van der Waals surface area contributed by atoms with E-state index < -0.39 is 20.0 Å². The lowest BCUT2D eigenvalue weighted by atomic mass is 10.3. The first-order valence-electron chi connectivity index (χ1n) is 8.08. The molecule has 0 amide bonds. The molecular formula is C15H24N2O6S2. The Labute approximate surface area is 149 Å². The number of nitrogens with one attached hydrogen (secondary N) is 1. The largest absolute Gasteiger partial charge is 0.486 e. The number of unbranched alkanes of at least 4 members (excludes halogenated alkanes) is 1. The molecule has 1 heterocycles. The molecular weight excluding hydrogens is 368 g/mol. The van der Waals surface area contributed by atoms with Crippen molar-refractivity contribution in [3.63, 3.8) is 0 Å². The molecule has 1 aromatic rings. The average molecular weight is 392 g/mol. The van der Waals surface area contributed by atoms with Crippen molar-refractivity contribution in [1.82, 2.24) is 9.03 Å². The van der Waals surface area contributed by atoms with Crippen molar-refractivity contribution in [2.45, 2.75) is 24.7 Å². The molecule has 0 aromatic heterocycles. The number of nitrogens with zero attached hydrogens (tertiary/aromatic N) is 1. The number of sulfonamides is 2. The molecule has 1 N–H and O–H groups in total. The van der Waals surface area contributed by atoms with Crippen molar-refractivity contribution >= 4 is 20.0 Å². The zero-order valence-electron chi connectivity index (χ0n) is 14.4. The first kappa shape index (κ1) is 20.0. The second-order valence-electron chi connectivity index (χ2n) is 5.72. The van der Waals surface area contributed by atoms with Crippen LogP contribution in [0.15, 0.2) is 23.1 Å². The van der Waals surface area contributed by atoms with E-state index in [1.54, 1.807) is 6.07 Å². The van der Waals surface area contributed by atoms with Gasteiger partial charge in [0.05, 0.1) is 11.2 Å². The molecule has 0 bridgehead atoms. The van der Waals surface area contributed by atoms with Gasteiger partial charge in [0.15, 0.2) is 11.5 Å². The molecule has 0 saturated heterocycles. The minimum absolute atomic E-state index is 0.00639. The molecule has 0 saturated carbocycles. The molecule has 8 nitrogen and oxygen atoms in total. The SMILES string of the molecule is CCCCN(CCNS(=O)(=O)c1ccc2c(c1)OCCO2)S(C)(=O)=O. The van der Waals surface area contributed by atoms with Gasteiger partial charge in [-0.05, 0) is 18.6 Å². The van der Waals surface area contributed by atoms with Crippen LogP contribution in [-0.2, 0) is 20.0 Å². The Bertz CT molecular complexity index is 792. The summed E-state index contributed by atoms with van der Waals surface area (Å²) in [5, 5.41) is 0. The van der Waals surface area contributed by atoms with E-state index in [-0.39, 0.29) is 18.0 Å². The Kier molecular flexibility index (Phi) is 6.66. The van der Waals surface area contributed by atoms with Crippen LogP contribution in [-0.4, -0.2) is 60.2 Å². The molecule has 1 aliphatic heterocycles. The van der Waals surface area contributed by atoms with Gasteiger partial charge in [-0.3, -0.25) is 0 Å². The summed E-state index contributed by atoms with van der Waals surface area (Å²) in [5.74, 6) is 0.892. The number of benzene rings is 1. The third kappa shape index (κ3) is 5.56. The molecule has 2 rings (SSSR count). The number of fused-ring (bicyclic) bond motifs is 1. The van der Waals surface area contributed by atoms with Crippen molar-refractivity contribution in [1.29, 1.82) is 0 Å². The lowest BCUT2D eigenvalue weighted by Gasteiger charge is -2.20. The van der Waals surface area contributed by atoms with Crippen LogP contribution in [0.25, 0.3) is 0 Å². The minimum Gasteiger partial charge on any atom is -0.486 e. The Morgan fingerprint density at radius 3 is 2.40 bits per heavy atom. The highest BCUT2D eigenvalue weighted by Crippen LogP contribution is 2.32. The van der Waals surface area contributed by atoms with Crippen LogP contribution >= 0.6 is 0 Å². The predicted molar refractivity (Wildman–Crippen MR) is 93.9 cm³/mol. The lowest BCUT2D eigenvalue weighted by Crippen LogP contribution is -2.38. The van der Waals surface area contributed by atoms with Crippen molar-refractivity contribution < 1.29 is 26.3 Å². The van der Waals surface area contributed by atoms with Gasteiger partial charge in [0.1, 0.15) is 13.2 Å². The molecule has 0 radical (unpaired) electrons. The van der Waals surface area contributed by atoms with E-state index in [2.05, 4.69) is 4.72 Å². The Morgan fingerprint density at radius 1 is 1.08 bits per heavy atom. The van der Waals surface area contributed by atoms with Gasteiger partial charge in [-0.15, -0.1) is 0 Å². The van der Waals surface area contributed by atoms with Gasteiger partial charge in [0, 0.05) is 25.7 Å². The third-order valence-corrected chi connectivity index (χ3v) is 6.47. The number of hydrogen-bond donors (Lipinski definition) is 1. The highest BCUT2D eigenvalue weighted by atomic mass is 32.2. The highest BCUT2D eigenvalue weighted by molar-refractivity contribution is 7.89. The Hall–Kier alpha value is -1.36. The van der Waals surface area contributed by atoms with Crippen LogP contribution in [0.4, 0.5) is 0 Å². The summed E-state index contributed by atoms with van der Waals surface area (Å²) < 4.78 is 62.7. The molecule has 0 fully saturated rings. The molecule has 0 unspecified atom stereocenters. The maximum Gasteiger partial charge on any atom is 0.240 e. The molecule has 142 valence electrons. The van der Waals surface area contributed by atoms with E-state index in [1.807, 2.05) is 6.92 Å². The van der Waals surface area contributed by atoms with Gasteiger partial charge >= 0.3 is 0 Å².